The van der Waals surface area contributed by atoms with Gasteiger partial charge >= 0.3 is 0 Å². The van der Waals surface area contributed by atoms with Gasteiger partial charge in [-0.3, -0.25) is 0 Å². The Morgan fingerprint density at radius 3 is 2.58 bits per heavy atom. The second-order valence-electron chi connectivity index (χ2n) is 5.63. The van der Waals surface area contributed by atoms with E-state index in [9.17, 15) is 4.39 Å². The van der Waals surface area contributed by atoms with E-state index in [1.807, 2.05) is 48.0 Å². The normalized spacial score (nSPS) is 12.2. The van der Waals surface area contributed by atoms with Crippen molar-refractivity contribution in [3.8, 4) is 11.4 Å². The van der Waals surface area contributed by atoms with Crippen molar-refractivity contribution in [1.82, 2.24) is 9.78 Å². The van der Waals surface area contributed by atoms with Gasteiger partial charge in [0.05, 0.1) is 24.2 Å². The molecule has 3 aromatic rings. The Morgan fingerprint density at radius 1 is 1.17 bits per heavy atom. The minimum atomic E-state index is -0.313. The first-order chi connectivity index (χ1) is 11.6. The van der Waals surface area contributed by atoms with Crippen LogP contribution in [0.5, 0.6) is 5.75 Å². The molecule has 3 rings (SSSR count). The monoisotopic (exact) mass is 325 g/mol. The van der Waals surface area contributed by atoms with E-state index in [1.54, 1.807) is 13.2 Å². The molecular weight excluding hydrogens is 305 g/mol. The van der Waals surface area contributed by atoms with E-state index in [4.69, 9.17) is 10.5 Å². The number of hydrogen-bond acceptors (Lipinski definition) is 3. The molecule has 2 N–H and O–H groups in total. The maximum Gasteiger partial charge on any atom is 0.123 e. The lowest BCUT2D eigenvalue weighted by Gasteiger charge is -2.20. The molecule has 0 saturated heterocycles. The first kappa shape index (κ1) is 16.2. The van der Waals surface area contributed by atoms with Crippen molar-refractivity contribution in [2.24, 2.45) is 5.73 Å². The van der Waals surface area contributed by atoms with Gasteiger partial charge in [-0.2, -0.15) is 5.10 Å². The van der Waals surface area contributed by atoms with Gasteiger partial charge in [0.1, 0.15) is 11.6 Å². The molecule has 0 amide bonds. The van der Waals surface area contributed by atoms with Gasteiger partial charge in [0.15, 0.2) is 0 Å². The van der Waals surface area contributed by atoms with Crippen molar-refractivity contribution in [2.45, 2.75) is 12.8 Å². The Kier molecular flexibility index (Phi) is 4.62. The zero-order valence-electron chi connectivity index (χ0n) is 13.7. The van der Waals surface area contributed by atoms with Crippen LogP contribution in [0.25, 0.3) is 5.69 Å². The van der Waals surface area contributed by atoms with Crippen LogP contribution in [-0.2, 0) is 0 Å². The van der Waals surface area contributed by atoms with Crippen LogP contribution in [0, 0.1) is 12.7 Å². The molecule has 4 nitrogen and oxygen atoms in total. The van der Waals surface area contributed by atoms with Gasteiger partial charge < -0.3 is 10.5 Å². The quantitative estimate of drug-likeness (QED) is 0.782. The van der Waals surface area contributed by atoms with Crippen molar-refractivity contribution in [3.63, 3.8) is 0 Å². The molecule has 0 saturated carbocycles. The number of rotatable bonds is 5. The molecular formula is C19H20FN3O. The van der Waals surface area contributed by atoms with Crippen molar-refractivity contribution >= 4 is 0 Å². The lowest BCUT2D eigenvalue weighted by atomic mass is 9.94. The van der Waals surface area contributed by atoms with Crippen LogP contribution in [0.2, 0.25) is 0 Å². The Bertz CT molecular complexity index is 830. The number of hydrogen-bond donors (Lipinski definition) is 1. The third-order valence-electron chi connectivity index (χ3n) is 4.02. The van der Waals surface area contributed by atoms with E-state index >= 15 is 0 Å². The van der Waals surface area contributed by atoms with E-state index in [2.05, 4.69) is 5.10 Å². The highest BCUT2D eigenvalue weighted by atomic mass is 19.1. The zero-order chi connectivity index (χ0) is 17.1. The molecule has 0 bridgehead atoms. The van der Waals surface area contributed by atoms with Crippen molar-refractivity contribution in [1.29, 1.82) is 0 Å². The van der Waals surface area contributed by atoms with Gasteiger partial charge in [-0.05, 0) is 43.3 Å². The molecule has 0 aliphatic carbocycles. The zero-order valence-corrected chi connectivity index (χ0v) is 13.7. The molecule has 0 aliphatic rings. The van der Waals surface area contributed by atoms with Gasteiger partial charge in [-0.1, -0.05) is 18.2 Å². The van der Waals surface area contributed by atoms with Crippen LogP contribution in [0.15, 0.2) is 54.6 Å². The molecule has 0 fully saturated rings. The first-order valence-electron chi connectivity index (χ1n) is 7.79. The number of para-hydroxylation sites is 1. The third kappa shape index (κ3) is 3.03. The van der Waals surface area contributed by atoms with E-state index in [-0.39, 0.29) is 11.7 Å². The second kappa shape index (κ2) is 6.84. The summed E-state index contributed by atoms with van der Waals surface area (Å²) in [5.41, 5.74) is 9.49. The predicted octanol–water partition coefficient (Wildman–Crippen LogP) is 3.42. The van der Waals surface area contributed by atoms with Gasteiger partial charge in [0.2, 0.25) is 0 Å². The molecule has 24 heavy (non-hydrogen) atoms. The molecule has 0 radical (unpaired) electrons. The summed E-state index contributed by atoms with van der Waals surface area (Å²) in [5.74, 6) is 0.0779. The summed E-state index contributed by atoms with van der Waals surface area (Å²) >= 11 is 0. The van der Waals surface area contributed by atoms with Gasteiger partial charge in [0.25, 0.3) is 0 Å². The Hall–Kier alpha value is -2.66. The fourth-order valence-corrected chi connectivity index (χ4v) is 2.93. The van der Waals surface area contributed by atoms with Crippen LogP contribution in [-0.4, -0.2) is 23.4 Å². The maximum atomic E-state index is 13.8. The fourth-order valence-electron chi connectivity index (χ4n) is 2.93. The summed E-state index contributed by atoms with van der Waals surface area (Å²) in [6, 6.07) is 16.3. The highest BCUT2D eigenvalue weighted by Crippen LogP contribution is 2.33. The van der Waals surface area contributed by atoms with Crippen LogP contribution >= 0.6 is 0 Å². The maximum absolute atomic E-state index is 13.8. The topological polar surface area (TPSA) is 53.1 Å². The van der Waals surface area contributed by atoms with Crippen LogP contribution < -0.4 is 10.5 Å². The average Bonchev–Trinajstić information content (AvgIpc) is 2.98. The molecule has 1 aromatic heterocycles. The number of aryl methyl sites for hydroxylation is 1. The van der Waals surface area contributed by atoms with Gasteiger partial charge in [-0.15, -0.1) is 0 Å². The van der Waals surface area contributed by atoms with Gasteiger partial charge in [0, 0.05) is 18.0 Å². The summed E-state index contributed by atoms with van der Waals surface area (Å²) < 4.78 is 21.1. The summed E-state index contributed by atoms with van der Waals surface area (Å²) in [4.78, 5) is 0. The third-order valence-corrected chi connectivity index (χ3v) is 4.02. The van der Waals surface area contributed by atoms with Crippen LogP contribution in [0.3, 0.4) is 0 Å². The molecule has 0 aliphatic heterocycles. The van der Waals surface area contributed by atoms with E-state index < -0.39 is 0 Å². The summed E-state index contributed by atoms with van der Waals surface area (Å²) in [7, 11) is 1.57. The molecule has 124 valence electrons. The minimum absolute atomic E-state index is 0.225. The summed E-state index contributed by atoms with van der Waals surface area (Å²) in [6.45, 7) is 2.25. The summed E-state index contributed by atoms with van der Waals surface area (Å²) in [5, 5.41) is 4.58. The largest absolute Gasteiger partial charge is 0.496 e. The predicted molar refractivity (Wildman–Crippen MR) is 92.2 cm³/mol. The number of benzene rings is 2. The van der Waals surface area contributed by atoms with Gasteiger partial charge in [-0.25, -0.2) is 9.07 Å². The average molecular weight is 325 g/mol. The van der Waals surface area contributed by atoms with Crippen molar-refractivity contribution in [3.05, 3.63) is 77.4 Å². The van der Waals surface area contributed by atoms with Crippen molar-refractivity contribution < 1.29 is 9.13 Å². The number of nitrogens with two attached hydrogens (primary N) is 1. The van der Waals surface area contributed by atoms with Crippen LogP contribution in [0.1, 0.15) is 22.9 Å². The number of nitrogens with zero attached hydrogens (tertiary/aromatic N) is 2. The smallest absolute Gasteiger partial charge is 0.123 e. The Morgan fingerprint density at radius 2 is 1.92 bits per heavy atom. The summed E-state index contributed by atoms with van der Waals surface area (Å²) in [6.07, 6.45) is 0. The lowest BCUT2D eigenvalue weighted by Crippen LogP contribution is -2.18. The molecule has 1 unspecified atom stereocenters. The Labute approximate surface area is 140 Å². The fraction of sp³-hybridized carbons (Fsp3) is 0.211. The Balaban J connectivity index is 2.15. The molecule has 1 heterocycles. The first-order valence-corrected chi connectivity index (χ1v) is 7.79. The number of halogens is 1. The van der Waals surface area contributed by atoms with E-state index in [1.165, 1.54) is 12.1 Å². The van der Waals surface area contributed by atoms with E-state index in [0.29, 0.717) is 12.3 Å². The number of ether oxygens (including phenoxy) is 1. The molecule has 1 atom stereocenters. The number of methoxy groups -OCH3 is 1. The molecule has 0 spiro atoms. The van der Waals surface area contributed by atoms with Crippen molar-refractivity contribution in [2.75, 3.05) is 13.7 Å². The highest BCUT2D eigenvalue weighted by molar-refractivity contribution is 5.44. The molecule has 5 heteroatoms. The van der Waals surface area contributed by atoms with E-state index in [0.717, 1.165) is 22.6 Å². The number of aromatic nitrogens is 2. The SMILES string of the molecule is COc1ccc(F)cc1C(CN)c1cc(C)nn1-c1ccccc1. The minimum Gasteiger partial charge on any atom is -0.496 e. The molecule has 2 aromatic carbocycles. The second-order valence-corrected chi connectivity index (χ2v) is 5.63. The lowest BCUT2D eigenvalue weighted by molar-refractivity contribution is 0.405. The standard InChI is InChI=1S/C19H20FN3O/c1-13-10-18(23(22-13)15-6-4-3-5-7-15)17(12-21)16-11-14(20)8-9-19(16)24-2/h3-11,17H,12,21H2,1-2H3. The highest BCUT2D eigenvalue weighted by Gasteiger charge is 2.23. The van der Waals surface area contributed by atoms with Crippen LogP contribution in [0.4, 0.5) is 4.39 Å².